The molecule has 0 spiro atoms. The highest BCUT2D eigenvalue weighted by Gasteiger charge is 2.39. The third kappa shape index (κ3) is 3.56. The number of halogens is 1. The Balaban J connectivity index is 2.13. The van der Waals surface area contributed by atoms with Crippen LogP contribution >= 0.6 is 15.9 Å². The van der Waals surface area contributed by atoms with E-state index in [0.717, 1.165) is 39.8 Å². The summed E-state index contributed by atoms with van der Waals surface area (Å²) in [6.07, 6.45) is 1.99. The fraction of sp³-hybridized carbons (Fsp3) is 0.400. The van der Waals surface area contributed by atoms with Crippen LogP contribution in [0.2, 0.25) is 0 Å². The zero-order valence-electron chi connectivity index (χ0n) is 14.7. The first-order valence-corrected chi connectivity index (χ1v) is 9.38. The van der Waals surface area contributed by atoms with Gasteiger partial charge in [-0.2, -0.15) is 0 Å². The Kier molecular flexibility index (Phi) is 5.13. The van der Waals surface area contributed by atoms with Crippen LogP contribution in [0.25, 0.3) is 0 Å². The van der Waals surface area contributed by atoms with E-state index < -0.39 is 0 Å². The van der Waals surface area contributed by atoms with Crippen LogP contribution in [-0.4, -0.2) is 17.9 Å². The number of ether oxygens (including phenoxy) is 1. The number of carbonyl (C=O) groups excluding carboxylic acids is 2. The lowest BCUT2D eigenvalue weighted by atomic mass is 9.75. The maximum atomic E-state index is 12.8. The minimum Gasteiger partial charge on any atom is -0.460 e. The Hall–Kier alpha value is -1.88. The van der Waals surface area contributed by atoms with Crippen molar-refractivity contribution in [2.75, 3.05) is 0 Å². The van der Waals surface area contributed by atoms with Crippen molar-refractivity contribution in [2.24, 2.45) is 0 Å². The predicted octanol–water partition coefficient (Wildman–Crippen LogP) is 4.37. The summed E-state index contributed by atoms with van der Waals surface area (Å²) in [7, 11) is 0. The van der Waals surface area contributed by atoms with E-state index in [2.05, 4.69) is 21.2 Å². The molecule has 1 unspecified atom stereocenters. The number of nitrogens with one attached hydrogen (secondary N) is 1. The topological polar surface area (TPSA) is 55.4 Å². The van der Waals surface area contributed by atoms with Crippen LogP contribution in [0, 0.1) is 0 Å². The summed E-state index contributed by atoms with van der Waals surface area (Å²) in [6.45, 7) is 5.54. The molecule has 1 aromatic rings. The number of benzene rings is 1. The highest BCUT2D eigenvalue weighted by molar-refractivity contribution is 9.10. The maximum Gasteiger partial charge on any atom is 0.337 e. The van der Waals surface area contributed by atoms with Gasteiger partial charge >= 0.3 is 5.97 Å². The number of allylic oxidation sites excluding steroid dienone is 3. The van der Waals surface area contributed by atoms with E-state index in [4.69, 9.17) is 4.74 Å². The molecular weight excluding hydrogens is 382 g/mol. The van der Waals surface area contributed by atoms with Crippen molar-refractivity contribution in [1.29, 1.82) is 0 Å². The summed E-state index contributed by atoms with van der Waals surface area (Å²) in [6, 6.07) is 7.79. The normalized spacial score (nSPS) is 20.5. The molecule has 1 atom stereocenters. The zero-order valence-corrected chi connectivity index (χ0v) is 16.3. The van der Waals surface area contributed by atoms with Gasteiger partial charge in [0.2, 0.25) is 0 Å². The fourth-order valence-corrected chi connectivity index (χ4v) is 3.78. The van der Waals surface area contributed by atoms with Gasteiger partial charge in [-0.1, -0.05) is 28.1 Å². The van der Waals surface area contributed by atoms with Crippen molar-refractivity contribution in [3.05, 3.63) is 56.8 Å². The molecule has 4 nitrogen and oxygen atoms in total. The summed E-state index contributed by atoms with van der Waals surface area (Å²) < 4.78 is 6.43. The van der Waals surface area contributed by atoms with Crippen molar-refractivity contribution in [3.8, 4) is 0 Å². The van der Waals surface area contributed by atoms with E-state index in [9.17, 15) is 9.59 Å². The highest BCUT2D eigenvalue weighted by atomic mass is 79.9. The Labute approximate surface area is 156 Å². The van der Waals surface area contributed by atoms with Gasteiger partial charge in [0.25, 0.3) is 0 Å². The molecule has 0 bridgehead atoms. The quantitative estimate of drug-likeness (QED) is 0.761. The van der Waals surface area contributed by atoms with E-state index >= 15 is 0 Å². The van der Waals surface area contributed by atoms with E-state index in [-0.39, 0.29) is 23.8 Å². The lowest BCUT2D eigenvalue weighted by molar-refractivity contribution is -0.143. The van der Waals surface area contributed by atoms with Crippen molar-refractivity contribution in [2.45, 2.75) is 52.1 Å². The van der Waals surface area contributed by atoms with Gasteiger partial charge in [0.15, 0.2) is 5.78 Å². The number of Topliss-reactive ketones (excluding diaryl/α,β-unsaturated/α-hetero) is 1. The van der Waals surface area contributed by atoms with Crippen LogP contribution in [0.15, 0.2) is 51.3 Å². The Bertz CT molecular complexity index is 775. The van der Waals surface area contributed by atoms with Gasteiger partial charge in [0.1, 0.15) is 0 Å². The molecule has 0 radical (unpaired) electrons. The van der Waals surface area contributed by atoms with Crippen LogP contribution in [-0.2, 0) is 14.3 Å². The summed E-state index contributed by atoms with van der Waals surface area (Å²) in [4.78, 5) is 25.5. The van der Waals surface area contributed by atoms with Crippen LogP contribution in [0.3, 0.4) is 0 Å². The first kappa shape index (κ1) is 17.9. The van der Waals surface area contributed by atoms with Crippen LogP contribution < -0.4 is 5.32 Å². The predicted molar refractivity (Wildman–Crippen MR) is 99.8 cm³/mol. The first-order valence-electron chi connectivity index (χ1n) is 8.59. The molecule has 0 fully saturated rings. The minimum absolute atomic E-state index is 0.115. The van der Waals surface area contributed by atoms with Crippen molar-refractivity contribution in [3.63, 3.8) is 0 Å². The minimum atomic E-state index is -0.372. The molecular formula is C20H22BrNO3. The average molecular weight is 404 g/mol. The second-order valence-electron chi connectivity index (χ2n) is 6.77. The Morgan fingerprint density at radius 1 is 1.24 bits per heavy atom. The summed E-state index contributed by atoms with van der Waals surface area (Å²) in [5.74, 6) is -0.620. The van der Waals surface area contributed by atoms with Crippen LogP contribution in [0.4, 0.5) is 0 Å². The van der Waals surface area contributed by atoms with Gasteiger partial charge in [-0.15, -0.1) is 0 Å². The Morgan fingerprint density at radius 3 is 2.56 bits per heavy atom. The van der Waals surface area contributed by atoms with Gasteiger partial charge in [0.05, 0.1) is 11.7 Å². The SMILES string of the molecule is CC1=C(C(=O)OC(C)C)C(c2ccc(Br)cc2)C2=C(CCCC2=O)N1. The maximum absolute atomic E-state index is 12.8. The molecule has 1 N–H and O–H groups in total. The molecule has 0 saturated heterocycles. The molecule has 1 aliphatic carbocycles. The van der Waals surface area contributed by atoms with Crippen molar-refractivity contribution < 1.29 is 14.3 Å². The van der Waals surface area contributed by atoms with Gasteiger partial charge in [-0.25, -0.2) is 4.79 Å². The molecule has 3 rings (SSSR count). The molecule has 25 heavy (non-hydrogen) atoms. The van der Waals surface area contributed by atoms with Crippen molar-refractivity contribution >= 4 is 27.7 Å². The number of esters is 1. The van der Waals surface area contributed by atoms with Gasteiger partial charge in [-0.05, 0) is 51.3 Å². The first-order chi connectivity index (χ1) is 11.9. The van der Waals surface area contributed by atoms with Crippen LogP contribution in [0.5, 0.6) is 0 Å². The van der Waals surface area contributed by atoms with Gasteiger partial charge < -0.3 is 10.1 Å². The number of dihydropyridines is 1. The van der Waals surface area contributed by atoms with E-state index in [0.29, 0.717) is 12.0 Å². The second kappa shape index (κ2) is 7.16. The molecule has 1 aromatic carbocycles. The van der Waals surface area contributed by atoms with Gasteiger partial charge in [-0.3, -0.25) is 4.79 Å². The number of hydrogen-bond acceptors (Lipinski definition) is 4. The van der Waals surface area contributed by atoms with E-state index in [1.807, 2.05) is 45.0 Å². The fourth-order valence-electron chi connectivity index (χ4n) is 3.52. The average Bonchev–Trinajstić information content (AvgIpc) is 2.53. The zero-order chi connectivity index (χ0) is 18.1. The van der Waals surface area contributed by atoms with E-state index in [1.165, 1.54) is 0 Å². The number of ketones is 1. The molecule has 0 saturated carbocycles. The molecule has 0 aromatic heterocycles. The molecule has 1 aliphatic heterocycles. The lowest BCUT2D eigenvalue weighted by Crippen LogP contribution is -2.34. The highest BCUT2D eigenvalue weighted by Crippen LogP contribution is 2.42. The number of carbonyl (C=O) groups is 2. The van der Waals surface area contributed by atoms with Gasteiger partial charge in [0, 0.05) is 33.8 Å². The summed E-state index contributed by atoms with van der Waals surface area (Å²) in [5, 5.41) is 3.29. The lowest BCUT2D eigenvalue weighted by Gasteiger charge is -2.34. The van der Waals surface area contributed by atoms with Crippen molar-refractivity contribution in [1.82, 2.24) is 5.32 Å². The molecule has 2 aliphatic rings. The monoisotopic (exact) mass is 403 g/mol. The van der Waals surface area contributed by atoms with Crippen LogP contribution in [0.1, 0.15) is 51.5 Å². The largest absolute Gasteiger partial charge is 0.460 e. The second-order valence-corrected chi connectivity index (χ2v) is 7.69. The smallest absolute Gasteiger partial charge is 0.337 e. The molecule has 0 amide bonds. The molecule has 5 heteroatoms. The standard InChI is InChI=1S/C20H22BrNO3/c1-11(2)25-20(24)17-12(3)22-15-5-4-6-16(23)19(15)18(17)13-7-9-14(21)10-8-13/h7-11,18,22H,4-6H2,1-3H3. The Morgan fingerprint density at radius 2 is 1.92 bits per heavy atom. The third-order valence-corrected chi connectivity index (χ3v) is 5.07. The summed E-state index contributed by atoms with van der Waals surface area (Å²) >= 11 is 3.44. The summed E-state index contributed by atoms with van der Waals surface area (Å²) in [5.41, 5.74) is 3.90. The number of hydrogen-bond donors (Lipinski definition) is 1. The molecule has 1 heterocycles. The molecule has 132 valence electrons. The number of rotatable bonds is 3. The van der Waals surface area contributed by atoms with E-state index in [1.54, 1.807) is 0 Å². The third-order valence-electron chi connectivity index (χ3n) is 4.54.